The molecule has 0 bridgehead atoms. The fourth-order valence-corrected chi connectivity index (χ4v) is 5.37. The van der Waals surface area contributed by atoms with E-state index in [0.717, 1.165) is 19.3 Å². The third kappa shape index (κ3) is 12.8. The Balaban J connectivity index is 3.62. The van der Waals surface area contributed by atoms with Gasteiger partial charge in [-0.25, -0.2) is 9.13 Å². The molecule has 0 aromatic heterocycles. The van der Waals surface area contributed by atoms with Gasteiger partial charge in [-0.1, -0.05) is 90.2 Å². The summed E-state index contributed by atoms with van der Waals surface area (Å²) < 4.78 is 24.3. The Hall–Kier alpha value is -0.400. The number of allylic oxidation sites excluding steroid dienone is 2. The van der Waals surface area contributed by atoms with Gasteiger partial charge in [0.25, 0.3) is 0 Å². The van der Waals surface area contributed by atoms with Crippen molar-refractivity contribution in [2.75, 3.05) is 21.1 Å². The Morgan fingerprint density at radius 2 is 1.07 bits per heavy atom. The first-order valence-electron chi connectivity index (χ1n) is 12.4. The lowest BCUT2D eigenvalue weighted by Crippen LogP contribution is -2.53. The van der Waals surface area contributed by atoms with Crippen LogP contribution in [0.1, 0.15) is 123 Å². The second-order valence-electron chi connectivity index (χ2n) is 9.65. The van der Waals surface area contributed by atoms with Crippen LogP contribution in [-0.4, -0.2) is 30.9 Å². The van der Waals surface area contributed by atoms with Crippen LogP contribution < -0.4 is 0 Å². The van der Waals surface area contributed by atoms with E-state index in [1.54, 1.807) is 0 Å². The maximum atomic E-state index is 11.9. The van der Waals surface area contributed by atoms with E-state index in [1.165, 1.54) is 83.5 Å². The average molecular weight is 429 g/mol. The highest BCUT2D eigenvalue weighted by Gasteiger charge is 2.46. The molecule has 0 heterocycles. The van der Waals surface area contributed by atoms with Crippen molar-refractivity contribution in [2.45, 2.75) is 128 Å². The molecule has 0 aliphatic rings. The maximum absolute atomic E-state index is 11.9. The molecule has 3 nitrogen and oxygen atoms in total. The predicted molar refractivity (Wildman–Crippen MR) is 128 cm³/mol. The summed E-state index contributed by atoms with van der Waals surface area (Å²) in [5.41, 5.74) is 0. The van der Waals surface area contributed by atoms with Gasteiger partial charge in [-0.15, -0.1) is 0 Å². The van der Waals surface area contributed by atoms with Crippen molar-refractivity contribution in [1.82, 2.24) is 0 Å². The molecule has 0 N–H and O–H groups in total. The van der Waals surface area contributed by atoms with Crippen LogP contribution in [0.4, 0.5) is 0 Å². The Labute approximate surface area is 183 Å². The van der Waals surface area contributed by atoms with Crippen LogP contribution in [0.15, 0.2) is 12.2 Å². The molecular weight excluding hydrogens is 377 g/mol. The molecular formula is C25H51NO2P+. The van der Waals surface area contributed by atoms with Gasteiger partial charge in [0.2, 0.25) is 5.28 Å². The molecule has 0 aromatic carbocycles. The first kappa shape index (κ1) is 28.6. The zero-order chi connectivity index (χ0) is 22.0. The molecule has 4 heteroatoms. The first-order chi connectivity index (χ1) is 13.8. The smallest absolute Gasteiger partial charge is 0.314 e. The fourth-order valence-electron chi connectivity index (χ4n) is 4.28. The van der Waals surface area contributed by atoms with Crippen LogP contribution in [0.2, 0.25) is 0 Å². The van der Waals surface area contributed by atoms with Crippen molar-refractivity contribution in [1.29, 1.82) is 0 Å². The van der Waals surface area contributed by atoms with E-state index in [1.807, 2.05) is 28.1 Å². The lowest BCUT2D eigenvalue weighted by molar-refractivity contribution is -0.908. The van der Waals surface area contributed by atoms with Gasteiger partial charge in [0.05, 0.1) is 21.1 Å². The van der Waals surface area contributed by atoms with Crippen LogP contribution in [-0.2, 0) is 9.13 Å². The Bertz CT molecular complexity index is 472. The monoisotopic (exact) mass is 428 g/mol. The van der Waals surface area contributed by atoms with E-state index in [0.29, 0.717) is 10.9 Å². The summed E-state index contributed by atoms with van der Waals surface area (Å²) in [5, 5.41) is -0.599. The van der Waals surface area contributed by atoms with Gasteiger partial charge in [-0.3, -0.25) is 0 Å². The Morgan fingerprint density at radius 1 is 0.655 bits per heavy atom. The zero-order valence-corrected chi connectivity index (χ0v) is 21.3. The summed E-state index contributed by atoms with van der Waals surface area (Å²) >= 11 is 0. The second-order valence-corrected chi connectivity index (χ2v) is 11.0. The normalized spacial score (nSPS) is 14.4. The van der Waals surface area contributed by atoms with Crippen molar-refractivity contribution in [3.8, 4) is 0 Å². The van der Waals surface area contributed by atoms with E-state index >= 15 is 0 Å². The van der Waals surface area contributed by atoms with Gasteiger partial charge in [0.15, 0.2) is 0 Å². The highest BCUT2D eigenvalue weighted by Crippen LogP contribution is 2.43. The minimum Gasteiger partial charge on any atom is -0.314 e. The van der Waals surface area contributed by atoms with Gasteiger partial charge in [0, 0.05) is 12.8 Å². The van der Waals surface area contributed by atoms with Crippen LogP contribution >= 0.6 is 7.68 Å². The summed E-state index contributed by atoms with van der Waals surface area (Å²) in [7, 11) is 3.62. The lowest BCUT2D eigenvalue weighted by atomic mass is 10.0. The van der Waals surface area contributed by atoms with Crippen molar-refractivity contribution in [2.24, 2.45) is 0 Å². The molecule has 0 amide bonds. The minimum absolute atomic E-state index is 0.509. The number of rotatable bonds is 20. The lowest BCUT2D eigenvalue weighted by Gasteiger charge is -2.40. The van der Waals surface area contributed by atoms with E-state index in [-0.39, 0.29) is 0 Å². The fraction of sp³-hybridized carbons (Fsp3) is 0.920. The molecule has 0 fully saturated rings. The first-order valence-corrected chi connectivity index (χ1v) is 13.6. The van der Waals surface area contributed by atoms with E-state index in [2.05, 4.69) is 19.1 Å². The third-order valence-corrected chi connectivity index (χ3v) is 8.31. The SMILES string of the molecule is CCCCCCCC=CCCCCCCCCCCC(CC)(P(=O)=O)[N+](C)(C)C. The molecule has 0 aliphatic carbocycles. The molecule has 0 aromatic rings. The van der Waals surface area contributed by atoms with E-state index in [4.69, 9.17) is 0 Å². The molecule has 0 saturated heterocycles. The van der Waals surface area contributed by atoms with Crippen molar-refractivity contribution in [3.63, 3.8) is 0 Å². The van der Waals surface area contributed by atoms with Crippen LogP contribution in [0.25, 0.3) is 0 Å². The van der Waals surface area contributed by atoms with Crippen LogP contribution in [0, 0.1) is 0 Å². The Morgan fingerprint density at radius 3 is 1.45 bits per heavy atom. The highest BCUT2D eigenvalue weighted by atomic mass is 31.1. The number of quaternary nitrogens is 1. The molecule has 172 valence electrons. The summed E-state index contributed by atoms with van der Waals surface area (Å²) in [6.07, 6.45) is 25.7. The molecule has 1 atom stereocenters. The summed E-state index contributed by atoms with van der Waals surface area (Å²) in [4.78, 5) is 0. The summed E-state index contributed by atoms with van der Waals surface area (Å²) in [6, 6.07) is 0. The second kappa shape index (κ2) is 17.3. The molecule has 0 aliphatic heterocycles. The number of unbranched alkanes of at least 4 members (excludes halogenated alkanes) is 13. The number of hydrogen-bond acceptors (Lipinski definition) is 2. The third-order valence-electron chi connectivity index (χ3n) is 6.49. The molecule has 0 spiro atoms. The van der Waals surface area contributed by atoms with E-state index in [9.17, 15) is 9.13 Å². The standard InChI is InChI=1S/C25H51NO2P/c1-6-8-9-10-11-12-13-14-15-16-17-18-19-20-21-22-23-24-25(7-2,29(27)28)26(3,4)5/h13-14H,6-12,15-24H2,1-5H3/q+1. The average Bonchev–Trinajstić information content (AvgIpc) is 2.66. The van der Waals surface area contributed by atoms with Gasteiger partial charge >= 0.3 is 7.68 Å². The topological polar surface area (TPSA) is 34.1 Å². The summed E-state index contributed by atoms with van der Waals surface area (Å²) in [5.74, 6) is 0. The van der Waals surface area contributed by atoms with Crippen molar-refractivity contribution in [3.05, 3.63) is 12.2 Å². The molecule has 0 radical (unpaired) electrons. The van der Waals surface area contributed by atoms with Gasteiger partial charge in [0.1, 0.15) is 0 Å². The largest absolute Gasteiger partial charge is 0.378 e. The zero-order valence-electron chi connectivity index (χ0n) is 20.4. The van der Waals surface area contributed by atoms with Crippen molar-refractivity contribution < 1.29 is 13.6 Å². The van der Waals surface area contributed by atoms with Gasteiger partial charge in [-0.2, -0.15) is 0 Å². The maximum Gasteiger partial charge on any atom is 0.378 e. The number of hydrogen-bond donors (Lipinski definition) is 0. The van der Waals surface area contributed by atoms with Crippen molar-refractivity contribution >= 4 is 7.68 Å². The molecule has 1 unspecified atom stereocenters. The Kier molecular flexibility index (Phi) is 17.1. The van der Waals surface area contributed by atoms with Crippen LogP contribution in [0.5, 0.6) is 0 Å². The van der Waals surface area contributed by atoms with E-state index < -0.39 is 13.0 Å². The predicted octanol–water partition coefficient (Wildman–Crippen LogP) is 8.79. The van der Waals surface area contributed by atoms with Gasteiger partial charge in [-0.05, 0) is 32.1 Å². The minimum atomic E-state index is -2.41. The molecule has 0 rings (SSSR count). The number of nitrogens with zero attached hydrogens (tertiary/aromatic N) is 1. The highest BCUT2D eigenvalue weighted by molar-refractivity contribution is 7.32. The van der Waals surface area contributed by atoms with Crippen LogP contribution in [0.3, 0.4) is 0 Å². The van der Waals surface area contributed by atoms with Gasteiger partial charge < -0.3 is 4.48 Å². The summed E-state index contributed by atoms with van der Waals surface area (Å²) in [6.45, 7) is 4.28. The molecule has 29 heavy (non-hydrogen) atoms. The molecule has 0 saturated carbocycles. The quantitative estimate of drug-likeness (QED) is 0.0840.